The fraction of sp³-hybridized carbons (Fsp3) is 0.538. The van der Waals surface area contributed by atoms with Crippen LogP contribution in [0.2, 0.25) is 0 Å². The van der Waals surface area contributed by atoms with Gasteiger partial charge in [-0.3, -0.25) is 4.79 Å². The van der Waals surface area contributed by atoms with Crippen LogP contribution in [0.4, 0.5) is 14.6 Å². The molecule has 0 radical (unpaired) electrons. The quantitative estimate of drug-likeness (QED) is 0.762. The number of rotatable bonds is 2. The second-order valence-electron chi connectivity index (χ2n) is 4.01. The van der Waals surface area contributed by atoms with Crippen LogP contribution in [0, 0.1) is 6.92 Å². The number of aldehydes is 1. The minimum absolute atomic E-state index is 0.180. The van der Waals surface area contributed by atoms with Gasteiger partial charge in [0.1, 0.15) is 5.82 Å². The van der Waals surface area contributed by atoms with Crippen molar-refractivity contribution in [2.45, 2.75) is 33.1 Å². The Kier molecular flexibility index (Phi) is 4.76. The Bertz CT molecular complexity index is 421. The summed E-state index contributed by atoms with van der Waals surface area (Å²) in [5.41, 5.74) is 1.16. The third-order valence-corrected chi connectivity index (χ3v) is 2.77. The van der Waals surface area contributed by atoms with Crippen molar-refractivity contribution in [3.8, 4) is 0 Å². The first-order valence-electron chi connectivity index (χ1n) is 6.07. The maximum Gasteiger partial charge on any atom is 0.266 e. The number of halogens is 2. The zero-order valence-corrected chi connectivity index (χ0v) is 10.9. The molecule has 2 rings (SSSR count). The Morgan fingerprint density at radius 1 is 1.44 bits per heavy atom. The van der Waals surface area contributed by atoms with Gasteiger partial charge in [-0.2, -0.15) is 0 Å². The monoisotopic (exact) mass is 256 g/mol. The van der Waals surface area contributed by atoms with Crippen molar-refractivity contribution in [2.75, 3.05) is 18.0 Å². The molecule has 1 aromatic heterocycles. The molecule has 5 heteroatoms. The highest BCUT2D eigenvalue weighted by molar-refractivity contribution is 5.85. The molecule has 0 spiro atoms. The summed E-state index contributed by atoms with van der Waals surface area (Å²) in [6, 6.07) is 1.70. The van der Waals surface area contributed by atoms with Gasteiger partial charge in [-0.1, -0.05) is 13.8 Å². The molecule has 0 saturated carbocycles. The maximum absolute atomic E-state index is 13.1. The molecule has 0 aromatic carbocycles. The number of hydrogen-bond donors (Lipinski definition) is 0. The lowest BCUT2D eigenvalue weighted by Gasteiger charge is -2.19. The van der Waals surface area contributed by atoms with E-state index in [0.717, 1.165) is 5.56 Å². The molecule has 0 aliphatic carbocycles. The van der Waals surface area contributed by atoms with Crippen LogP contribution in [0.15, 0.2) is 12.3 Å². The van der Waals surface area contributed by atoms with Crippen LogP contribution in [0.1, 0.15) is 36.2 Å². The van der Waals surface area contributed by atoms with E-state index in [1.807, 2.05) is 13.8 Å². The lowest BCUT2D eigenvalue weighted by molar-refractivity contribution is 0.0256. The van der Waals surface area contributed by atoms with Crippen LogP contribution in [0.3, 0.4) is 0 Å². The molecule has 1 fully saturated rings. The first kappa shape index (κ1) is 14.5. The Hall–Kier alpha value is -1.52. The highest BCUT2D eigenvalue weighted by Gasteiger charge is 2.39. The average molecular weight is 256 g/mol. The van der Waals surface area contributed by atoms with E-state index in [4.69, 9.17) is 0 Å². The van der Waals surface area contributed by atoms with Gasteiger partial charge >= 0.3 is 0 Å². The fourth-order valence-corrected chi connectivity index (χ4v) is 1.87. The summed E-state index contributed by atoms with van der Waals surface area (Å²) in [5, 5.41) is 0. The summed E-state index contributed by atoms with van der Waals surface area (Å²) in [7, 11) is 0. The predicted molar refractivity (Wildman–Crippen MR) is 67.5 cm³/mol. The second-order valence-corrected chi connectivity index (χ2v) is 4.01. The topological polar surface area (TPSA) is 33.2 Å². The van der Waals surface area contributed by atoms with Crippen molar-refractivity contribution in [1.29, 1.82) is 0 Å². The van der Waals surface area contributed by atoms with Gasteiger partial charge in [0.05, 0.1) is 12.1 Å². The van der Waals surface area contributed by atoms with E-state index >= 15 is 0 Å². The Morgan fingerprint density at radius 2 is 2.11 bits per heavy atom. The average Bonchev–Trinajstić information content (AvgIpc) is 2.72. The first-order chi connectivity index (χ1) is 8.53. The van der Waals surface area contributed by atoms with Crippen LogP contribution in [0.25, 0.3) is 0 Å². The molecule has 1 aromatic rings. The van der Waals surface area contributed by atoms with Crippen LogP contribution >= 0.6 is 0 Å². The van der Waals surface area contributed by atoms with Gasteiger partial charge in [0, 0.05) is 19.2 Å². The van der Waals surface area contributed by atoms with E-state index in [9.17, 15) is 13.6 Å². The summed E-state index contributed by atoms with van der Waals surface area (Å²) in [6.07, 6.45) is 2.03. The Morgan fingerprint density at radius 3 is 2.61 bits per heavy atom. The Balaban J connectivity index is 0.000000771. The summed E-state index contributed by atoms with van der Waals surface area (Å²) >= 11 is 0. The third kappa shape index (κ3) is 3.03. The van der Waals surface area contributed by atoms with Gasteiger partial charge in [0.25, 0.3) is 5.92 Å². The van der Waals surface area contributed by atoms with E-state index < -0.39 is 5.92 Å². The second kappa shape index (κ2) is 5.89. The van der Waals surface area contributed by atoms with E-state index in [1.54, 1.807) is 13.0 Å². The SMILES string of the molecule is CC.Cc1ccnc(N2CCC(F)(F)C2)c1C=O. The van der Waals surface area contributed by atoms with Gasteiger partial charge in [-0.05, 0) is 18.6 Å². The molecule has 100 valence electrons. The molecule has 1 aliphatic heterocycles. The maximum atomic E-state index is 13.1. The van der Waals surface area contributed by atoms with Crippen molar-refractivity contribution in [2.24, 2.45) is 0 Å². The summed E-state index contributed by atoms with van der Waals surface area (Å²) in [6.45, 7) is 5.65. The molecule has 0 unspecified atom stereocenters. The van der Waals surface area contributed by atoms with Gasteiger partial charge in [0.2, 0.25) is 0 Å². The number of alkyl halides is 2. The van der Waals surface area contributed by atoms with Gasteiger partial charge in [0.15, 0.2) is 6.29 Å². The molecule has 2 heterocycles. The molecule has 0 amide bonds. The lowest BCUT2D eigenvalue weighted by Crippen LogP contribution is -2.26. The number of carbonyl (C=O) groups is 1. The highest BCUT2D eigenvalue weighted by atomic mass is 19.3. The standard InChI is InChI=1S/C11H12F2N2O.C2H6/c1-8-2-4-14-10(9(8)6-16)15-5-3-11(12,13)7-15;1-2/h2,4,6H,3,5,7H2,1H3;1-2H3. The highest BCUT2D eigenvalue weighted by Crippen LogP contribution is 2.31. The normalized spacial score (nSPS) is 17.1. The first-order valence-corrected chi connectivity index (χ1v) is 6.07. The van der Waals surface area contributed by atoms with E-state index in [1.165, 1.54) is 11.1 Å². The molecule has 0 atom stereocenters. The van der Waals surface area contributed by atoms with E-state index in [2.05, 4.69) is 4.98 Å². The predicted octanol–water partition coefficient (Wildman–Crippen LogP) is 3.07. The number of nitrogens with zero attached hydrogens (tertiary/aromatic N) is 2. The molecule has 0 N–H and O–H groups in total. The van der Waals surface area contributed by atoms with Crippen molar-refractivity contribution in [3.05, 3.63) is 23.4 Å². The number of hydrogen-bond acceptors (Lipinski definition) is 3. The Labute approximate surface area is 106 Å². The van der Waals surface area contributed by atoms with Crippen LogP contribution < -0.4 is 4.90 Å². The van der Waals surface area contributed by atoms with Crippen molar-refractivity contribution in [3.63, 3.8) is 0 Å². The molecular formula is C13H18F2N2O. The molecule has 0 bridgehead atoms. The van der Waals surface area contributed by atoms with Crippen LogP contribution in [-0.4, -0.2) is 30.3 Å². The number of pyridine rings is 1. The third-order valence-electron chi connectivity index (χ3n) is 2.77. The number of aromatic nitrogens is 1. The number of anilines is 1. The fourth-order valence-electron chi connectivity index (χ4n) is 1.87. The van der Waals surface area contributed by atoms with Gasteiger partial charge in [-0.25, -0.2) is 13.8 Å². The van der Waals surface area contributed by atoms with Crippen molar-refractivity contribution >= 4 is 12.1 Å². The minimum Gasteiger partial charge on any atom is -0.350 e. The van der Waals surface area contributed by atoms with Crippen molar-refractivity contribution in [1.82, 2.24) is 4.98 Å². The summed E-state index contributed by atoms with van der Waals surface area (Å²) < 4.78 is 26.1. The molecule has 1 saturated heterocycles. The summed E-state index contributed by atoms with van der Waals surface area (Å²) in [5.74, 6) is -2.31. The van der Waals surface area contributed by atoms with E-state index in [0.29, 0.717) is 17.7 Å². The molecule has 1 aliphatic rings. The largest absolute Gasteiger partial charge is 0.350 e. The zero-order valence-electron chi connectivity index (χ0n) is 10.9. The molecule has 18 heavy (non-hydrogen) atoms. The van der Waals surface area contributed by atoms with Crippen molar-refractivity contribution < 1.29 is 13.6 Å². The van der Waals surface area contributed by atoms with E-state index in [-0.39, 0.29) is 19.5 Å². The number of carbonyl (C=O) groups excluding carboxylic acids is 1. The minimum atomic E-state index is -2.68. The van der Waals surface area contributed by atoms with Gasteiger partial charge in [-0.15, -0.1) is 0 Å². The zero-order chi connectivity index (χ0) is 13.8. The van der Waals surface area contributed by atoms with Crippen LogP contribution in [-0.2, 0) is 0 Å². The number of aryl methyl sites for hydroxylation is 1. The smallest absolute Gasteiger partial charge is 0.266 e. The lowest BCUT2D eigenvalue weighted by atomic mass is 10.1. The summed E-state index contributed by atoms with van der Waals surface area (Å²) in [4.78, 5) is 16.4. The molecule has 3 nitrogen and oxygen atoms in total. The molecular weight excluding hydrogens is 238 g/mol. The van der Waals surface area contributed by atoms with Crippen LogP contribution in [0.5, 0.6) is 0 Å². The van der Waals surface area contributed by atoms with Gasteiger partial charge < -0.3 is 4.90 Å².